The zero-order valence-corrected chi connectivity index (χ0v) is 10.9. The lowest BCUT2D eigenvalue weighted by Crippen LogP contribution is -2.48. The highest BCUT2D eigenvalue weighted by Crippen LogP contribution is 2.38. The van der Waals surface area contributed by atoms with Gasteiger partial charge in [0, 0.05) is 19.0 Å². The number of hydrogen-bond donors (Lipinski definition) is 1. The molecule has 6 nitrogen and oxygen atoms in total. The van der Waals surface area contributed by atoms with Crippen molar-refractivity contribution in [3.05, 3.63) is 39.7 Å². The Morgan fingerprint density at radius 1 is 1.41 bits per heavy atom. The molecule has 1 unspecified atom stereocenters. The largest absolute Gasteiger partial charge is 0.419 e. The molecule has 1 saturated heterocycles. The first-order valence-corrected chi connectivity index (χ1v) is 6.07. The molecule has 10 heteroatoms. The average molecular weight is 322 g/mol. The van der Waals surface area contributed by atoms with E-state index in [1.54, 1.807) is 0 Å². The summed E-state index contributed by atoms with van der Waals surface area (Å²) in [7, 11) is 0. The van der Waals surface area contributed by atoms with Crippen LogP contribution in [0, 0.1) is 15.9 Å². The fraction of sp³-hybridized carbons (Fsp3) is 0.417. The summed E-state index contributed by atoms with van der Waals surface area (Å²) in [6.45, 7) is -1.49. The fourth-order valence-electron chi connectivity index (χ4n) is 2.21. The van der Waals surface area contributed by atoms with Crippen LogP contribution in [0.4, 0.5) is 23.2 Å². The van der Waals surface area contributed by atoms with E-state index < -0.39 is 59.2 Å². The van der Waals surface area contributed by atoms with E-state index >= 15 is 0 Å². The number of hydrogen-bond acceptors (Lipinski definition) is 4. The first kappa shape index (κ1) is 16.1. The SMILES string of the molecule is O=C(c1cc(F)ccc1[N+](=O)[O-])N1CCC(O)(C(F)(F)F)C1. The number of benzene rings is 1. The maximum Gasteiger partial charge on any atom is 0.419 e. The molecule has 1 heterocycles. The molecule has 0 radical (unpaired) electrons. The van der Waals surface area contributed by atoms with Gasteiger partial charge < -0.3 is 10.0 Å². The third-order valence-corrected chi connectivity index (χ3v) is 3.45. The first-order chi connectivity index (χ1) is 10.0. The number of likely N-dealkylation sites (tertiary alicyclic amines) is 1. The Morgan fingerprint density at radius 3 is 2.55 bits per heavy atom. The smallest absolute Gasteiger partial charge is 0.379 e. The summed E-state index contributed by atoms with van der Waals surface area (Å²) in [5.74, 6) is -2.06. The molecule has 0 aliphatic carbocycles. The van der Waals surface area contributed by atoms with Crippen molar-refractivity contribution in [2.24, 2.45) is 0 Å². The average Bonchev–Trinajstić information content (AvgIpc) is 2.81. The van der Waals surface area contributed by atoms with Crippen molar-refractivity contribution in [2.75, 3.05) is 13.1 Å². The number of amides is 1. The third-order valence-electron chi connectivity index (χ3n) is 3.45. The number of rotatable bonds is 2. The van der Waals surface area contributed by atoms with Gasteiger partial charge >= 0.3 is 6.18 Å². The number of nitrogens with zero attached hydrogens (tertiary/aromatic N) is 2. The predicted octanol–water partition coefficient (Wildman–Crippen LogP) is 1.87. The highest BCUT2D eigenvalue weighted by atomic mass is 19.4. The van der Waals surface area contributed by atoms with E-state index in [0.29, 0.717) is 11.0 Å². The second-order valence-corrected chi connectivity index (χ2v) is 4.92. The summed E-state index contributed by atoms with van der Waals surface area (Å²) in [5, 5.41) is 20.3. The van der Waals surface area contributed by atoms with Crippen molar-refractivity contribution in [1.29, 1.82) is 0 Å². The topological polar surface area (TPSA) is 83.7 Å². The zero-order chi connectivity index (χ0) is 16.7. The number of β-amino-alcohol motifs (C(OH)–C–C–N with tert-alkyl or cyclic N) is 1. The molecule has 1 atom stereocenters. The maximum absolute atomic E-state index is 13.2. The monoisotopic (exact) mass is 322 g/mol. The third kappa shape index (κ3) is 2.73. The van der Waals surface area contributed by atoms with Crippen molar-refractivity contribution >= 4 is 11.6 Å². The number of carbonyl (C=O) groups excluding carboxylic acids is 1. The summed E-state index contributed by atoms with van der Waals surface area (Å²) >= 11 is 0. The molecule has 1 aromatic carbocycles. The molecular formula is C12H10F4N2O4. The molecule has 1 fully saturated rings. The van der Waals surface area contributed by atoms with Gasteiger partial charge in [0.25, 0.3) is 11.6 Å². The number of nitro benzene ring substituents is 1. The van der Waals surface area contributed by atoms with Crippen LogP contribution in [0.25, 0.3) is 0 Å². The molecule has 1 aliphatic rings. The molecule has 0 aromatic heterocycles. The standard InChI is InChI=1S/C12H10F4N2O4/c13-7-1-2-9(18(21)22)8(5-7)10(19)17-4-3-11(20,6-17)12(14,15)16/h1-2,5,20H,3-4,6H2. The Balaban J connectivity index is 2.31. The molecule has 0 bridgehead atoms. The predicted molar refractivity (Wildman–Crippen MR) is 64.6 cm³/mol. The highest BCUT2D eigenvalue weighted by molar-refractivity contribution is 5.98. The van der Waals surface area contributed by atoms with Gasteiger partial charge in [-0.1, -0.05) is 0 Å². The Kier molecular flexibility index (Phi) is 3.81. The van der Waals surface area contributed by atoms with Gasteiger partial charge in [0.2, 0.25) is 0 Å². The Bertz CT molecular complexity index is 634. The van der Waals surface area contributed by atoms with Crippen LogP contribution >= 0.6 is 0 Å². The zero-order valence-electron chi connectivity index (χ0n) is 10.9. The lowest BCUT2D eigenvalue weighted by atomic mass is 10.0. The number of nitro groups is 1. The van der Waals surface area contributed by atoms with Crippen LogP contribution in [0.2, 0.25) is 0 Å². The minimum Gasteiger partial charge on any atom is -0.379 e. The van der Waals surface area contributed by atoms with Crippen LogP contribution in [0.3, 0.4) is 0 Å². The molecule has 1 N–H and O–H groups in total. The quantitative estimate of drug-likeness (QED) is 0.512. The van der Waals surface area contributed by atoms with E-state index in [1.807, 2.05) is 0 Å². The van der Waals surface area contributed by atoms with Crippen LogP contribution in [-0.4, -0.2) is 45.7 Å². The number of alkyl halides is 3. The minimum absolute atomic E-state index is 0.442. The van der Waals surface area contributed by atoms with Gasteiger partial charge in [-0.3, -0.25) is 14.9 Å². The van der Waals surface area contributed by atoms with Gasteiger partial charge in [-0.05, 0) is 12.1 Å². The lowest BCUT2D eigenvalue weighted by molar-refractivity contribution is -0.385. The van der Waals surface area contributed by atoms with Crippen LogP contribution in [0.15, 0.2) is 18.2 Å². The molecule has 120 valence electrons. The van der Waals surface area contributed by atoms with E-state index in [1.165, 1.54) is 0 Å². The van der Waals surface area contributed by atoms with Crippen molar-refractivity contribution in [3.63, 3.8) is 0 Å². The fourth-order valence-corrected chi connectivity index (χ4v) is 2.21. The summed E-state index contributed by atoms with van der Waals surface area (Å²) in [6.07, 6.45) is -5.68. The molecule has 1 aliphatic heterocycles. The molecule has 0 spiro atoms. The molecule has 1 amide bonds. The summed E-state index contributed by atoms with van der Waals surface area (Å²) in [4.78, 5) is 22.6. The van der Waals surface area contributed by atoms with Crippen molar-refractivity contribution in [2.45, 2.75) is 18.2 Å². The van der Waals surface area contributed by atoms with Crippen molar-refractivity contribution < 1.29 is 32.4 Å². The van der Waals surface area contributed by atoms with Gasteiger partial charge in [0.05, 0.1) is 11.5 Å². The lowest BCUT2D eigenvalue weighted by Gasteiger charge is -2.25. The van der Waals surface area contributed by atoms with Gasteiger partial charge in [-0.15, -0.1) is 0 Å². The molecule has 0 saturated carbocycles. The summed E-state index contributed by atoms with van der Waals surface area (Å²) in [6, 6.07) is 2.12. The molecule has 22 heavy (non-hydrogen) atoms. The van der Waals surface area contributed by atoms with E-state index in [4.69, 9.17) is 0 Å². The molecule has 1 aromatic rings. The van der Waals surface area contributed by atoms with Crippen LogP contribution in [-0.2, 0) is 0 Å². The minimum atomic E-state index is -4.93. The van der Waals surface area contributed by atoms with E-state index in [-0.39, 0.29) is 0 Å². The van der Waals surface area contributed by atoms with Crippen LogP contribution in [0.5, 0.6) is 0 Å². The van der Waals surface area contributed by atoms with Crippen molar-refractivity contribution in [3.8, 4) is 0 Å². The van der Waals surface area contributed by atoms with E-state index in [0.717, 1.165) is 12.1 Å². The Hall–Kier alpha value is -2.23. The highest BCUT2D eigenvalue weighted by Gasteiger charge is 2.58. The Morgan fingerprint density at radius 2 is 2.05 bits per heavy atom. The number of carbonyl (C=O) groups is 1. The molecule has 2 rings (SSSR count). The number of aliphatic hydroxyl groups is 1. The van der Waals surface area contributed by atoms with Gasteiger partial charge in [0.1, 0.15) is 11.4 Å². The maximum atomic E-state index is 13.2. The molecular weight excluding hydrogens is 312 g/mol. The Labute approximate surface area is 121 Å². The van der Waals surface area contributed by atoms with Crippen LogP contribution in [0.1, 0.15) is 16.8 Å². The van der Waals surface area contributed by atoms with E-state index in [2.05, 4.69) is 0 Å². The summed E-state index contributed by atoms with van der Waals surface area (Å²) < 4.78 is 51.3. The van der Waals surface area contributed by atoms with E-state index in [9.17, 15) is 37.6 Å². The normalized spacial score (nSPS) is 22.0. The summed E-state index contributed by atoms with van der Waals surface area (Å²) in [5.41, 5.74) is -4.43. The van der Waals surface area contributed by atoms with Crippen molar-refractivity contribution in [1.82, 2.24) is 4.90 Å². The van der Waals surface area contributed by atoms with Crippen LogP contribution < -0.4 is 0 Å². The first-order valence-electron chi connectivity index (χ1n) is 6.07. The van der Waals surface area contributed by atoms with Gasteiger partial charge in [-0.25, -0.2) is 4.39 Å². The second kappa shape index (κ2) is 5.20. The second-order valence-electron chi connectivity index (χ2n) is 4.92. The number of halogens is 4. The van der Waals surface area contributed by atoms with Gasteiger partial charge in [0.15, 0.2) is 5.60 Å². The van der Waals surface area contributed by atoms with Gasteiger partial charge in [-0.2, -0.15) is 13.2 Å².